The number of ketones is 1. The van der Waals surface area contributed by atoms with Gasteiger partial charge in [-0.05, 0) is 25.7 Å². The van der Waals surface area contributed by atoms with E-state index >= 15 is 0 Å². The second-order valence-electron chi connectivity index (χ2n) is 4.49. The number of esters is 1. The highest BCUT2D eigenvalue weighted by molar-refractivity contribution is 5.88. The predicted molar refractivity (Wildman–Crippen MR) is 43.8 cm³/mol. The van der Waals surface area contributed by atoms with E-state index in [0.29, 0.717) is 5.78 Å². The first-order chi connectivity index (χ1) is 6.24. The third kappa shape index (κ3) is 0.960. The molecule has 0 aromatic carbocycles. The smallest absolute Gasteiger partial charge is 0.309 e. The Morgan fingerprint density at radius 3 is 2.15 bits per heavy atom. The molecule has 2 aliphatic carbocycles. The van der Waals surface area contributed by atoms with Crippen molar-refractivity contribution in [2.45, 2.75) is 31.8 Å². The van der Waals surface area contributed by atoms with Gasteiger partial charge >= 0.3 is 5.97 Å². The van der Waals surface area contributed by atoms with Crippen molar-refractivity contribution in [2.75, 3.05) is 0 Å². The first-order valence-electron chi connectivity index (χ1n) is 4.98. The topological polar surface area (TPSA) is 43.4 Å². The zero-order chi connectivity index (χ0) is 9.00. The lowest BCUT2D eigenvalue weighted by Gasteiger charge is -2.34. The SMILES string of the molecule is O=C1OC2CC3CC1CC(C2)C3=O. The van der Waals surface area contributed by atoms with E-state index in [1.54, 1.807) is 0 Å². The van der Waals surface area contributed by atoms with Gasteiger partial charge in [-0.3, -0.25) is 9.59 Å². The number of carbonyl (C=O) groups excluding carboxylic acids is 2. The van der Waals surface area contributed by atoms with Crippen LogP contribution in [0.15, 0.2) is 0 Å². The van der Waals surface area contributed by atoms with Crippen molar-refractivity contribution in [1.82, 2.24) is 0 Å². The first-order valence-corrected chi connectivity index (χ1v) is 4.98. The number of carbonyl (C=O) groups is 2. The standard InChI is InChI=1S/C10H12O3/c11-9-5-1-7-2-6(9)4-8(3-5)13-10(7)12/h5-8H,1-4H2. The van der Waals surface area contributed by atoms with Crippen molar-refractivity contribution < 1.29 is 14.3 Å². The Morgan fingerprint density at radius 2 is 1.54 bits per heavy atom. The summed E-state index contributed by atoms with van der Waals surface area (Å²) < 4.78 is 5.29. The van der Waals surface area contributed by atoms with Crippen molar-refractivity contribution in [2.24, 2.45) is 17.8 Å². The predicted octanol–water partition coefficient (Wildman–Crippen LogP) is 0.917. The molecule has 2 saturated carbocycles. The maximum atomic E-state index is 11.7. The van der Waals surface area contributed by atoms with E-state index < -0.39 is 0 Å². The molecule has 4 fully saturated rings. The first kappa shape index (κ1) is 7.54. The minimum Gasteiger partial charge on any atom is -0.462 e. The third-order valence-corrected chi connectivity index (χ3v) is 3.65. The molecule has 0 radical (unpaired) electrons. The third-order valence-electron chi connectivity index (χ3n) is 3.65. The number of hydrogen-bond acceptors (Lipinski definition) is 3. The summed E-state index contributed by atoms with van der Waals surface area (Å²) in [5.74, 6) is 0.636. The fourth-order valence-corrected chi connectivity index (χ4v) is 3.05. The van der Waals surface area contributed by atoms with Crippen LogP contribution in [0, 0.1) is 17.8 Å². The van der Waals surface area contributed by atoms with Crippen LogP contribution >= 0.6 is 0 Å². The van der Waals surface area contributed by atoms with E-state index in [-0.39, 0.29) is 29.8 Å². The molecule has 0 N–H and O–H groups in total. The van der Waals surface area contributed by atoms with Gasteiger partial charge in [0.2, 0.25) is 0 Å². The summed E-state index contributed by atoms with van der Waals surface area (Å²) >= 11 is 0. The van der Waals surface area contributed by atoms with Gasteiger partial charge in [0.05, 0.1) is 5.92 Å². The van der Waals surface area contributed by atoms with Crippen LogP contribution in [0.2, 0.25) is 0 Å². The van der Waals surface area contributed by atoms with Crippen LogP contribution in [0.3, 0.4) is 0 Å². The maximum absolute atomic E-state index is 11.7. The van der Waals surface area contributed by atoms with E-state index in [1.165, 1.54) is 0 Å². The molecule has 3 nitrogen and oxygen atoms in total. The summed E-state index contributed by atoms with van der Waals surface area (Å²) in [7, 11) is 0. The number of Topliss-reactive ketones (excluding diaryl/α,β-unsaturated/α-hetero) is 1. The molecule has 4 rings (SSSR count). The lowest BCUT2D eigenvalue weighted by Crippen LogP contribution is -2.39. The van der Waals surface area contributed by atoms with Gasteiger partial charge in [-0.15, -0.1) is 0 Å². The second-order valence-corrected chi connectivity index (χ2v) is 4.49. The van der Waals surface area contributed by atoms with Gasteiger partial charge in [0.25, 0.3) is 0 Å². The van der Waals surface area contributed by atoms with E-state index in [2.05, 4.69) is 0 Å². The molecular weight excluding hydrogens is 168 g/mol. The Morgan fingerprint density at radius 1 is 0.923 bits per heavy atom. The van der Waals surface area contributed by atoms with Gasteiger partial charge in [-0.2, -0.15) is 0 Å². The van der Waals surface area contributed by atoms with Crippen LogP contribution in [-0.2, 0) is 14.3 Å². The summed E-state index contributed by atoms with van der Waals surface area (Å²) in [6, 6.07) is 0. The van der Waals surface area contributed by atoms with Gasteiger partial charge < -0.3 is 4.74 Å². The van der Waals surface area contributed by atoms with Crippen molar-refractivity contribution in [1.29, 1.82) is 0 Å². The lowest BCUT2D eigenvalue weighted by atomic mass is 9.67. The Labute approximate surface area is 76.4 Å². The van der Waals surface area contributed by atoms with Crippen LogP contribution in [0.25, 0.3) is 0 Å². The molecule has 0 spiro atoms. The molecule has 2 unspecified atom stereocenters. The zero-order valence-corrected chi connectivity index (χ0v) is 7.36. The van der Waals surface area contributed by atoms with Crippen molar-refractivity contribution in [3.05, 3.63) is 0 Å². The van der Waals surface area contributed by atoms with Gasteiger partial charge in [-0.25, -0.2) is 0 Å². The summed E-state index contributed by atoms with van der Waals surface area (Å²) in [5.41, 5.74) is 0. The normalized spacial score (nSPS) is 47.7. The molecule has 2 heterocycles. The maximum Gasteiger partial charge on any atom is 0.309 e. The summed E-state index contributed by atoms with van der Waals surface area (Å²) in [5, 5.41) is 0. The molecule has 13 heavy (non-hydrogen) atoms. The molecule has 70 valence electrons. The summed E-state index contributed by atoms with van der Waals surface area (Å²) in [6.07, 6.45) is 3.14. The van der Waals surface area contributed by atoms with Gasteiger partial charge in [0, 0.05) is 11.8 Å². The molecule has 0 aromatic rings. The van der Waals surface area contributed by atoms with Crippen molar-refractivity contribution >= 4 is 11.8 Å². The number of rotatable bonds is 0. The van der Waals surface area contributed by atoms with E-state index in [4.69, 9.17) is 4.74 Å². The average Bonchev–Trinajstić information content (AvgIpc) is 2.25. The number of fused-ring (bicyclic) bond motifs is 1. The molecule has 4 bridgehead atoms. The number of ether oxygens (including phenoxy) is 1. The minimum atomic E-state index is -0.0532. The van der Waals surface area contributed by atoms with Crippen LogP contribution < -0.4 is 0 Å². The van der Waals surface area contributed by atoms with E-state index in [0.717, 1.165) is 25.7 Å². The highest BCUT2D eigenvalue weighted by Crippen LogP contribution is 2.44. The monoisotopic (exact) mass is 180 g/mol. The minimum absolute atomic E-state index is 0.0280. The second kappa shape index (κ2) is 2.34. The van der Waals surface area contributed by atoms with Gasteiger partial charge in [0.1, 0.15) is 11.9 Å². The van der Waals surface area contributed by atoms with Gasteiger partial charge in [0.15, 0.2) is 0 Å². The van der Waals surface area contributed by atoms with Gasteiger partial charge in [-0.1, -0.05) is 0 Å². The largest absolute Gasteiger partial charge is 0.462 e. The lowest BCUT2D eigenvalue weighted by molar-refractivity contribution is -0.151. The molecule has 2 aliphatic heterocycles. The molecule has 0 aromatic heterocycles. The Hall–Kier alpha value is -0.860. The fraction of sp³-hybridized carbons (Fsp3) is 0.800. The fourth-order valence-electron chi connectivity index (χ4n) is 3.05. The Kier molecular flexibility index (Phi) is 1.35. The van der Waals surface area contributed by atoms with Crippen LogP contribution in [0.5, 0.6) is 0 Å². The van der Waals surface area contributed by atoms with E-state index in [1.807, 2.05) is 0 Å². The molecule has 3 heteroatoms. The van der Waals surface area contributed by atoms with E-state index in [9.17, 15) is 9.59 Å². The van der Waals surface area contributed by atoms with Crippen LogP contribution in [0.1, 0.15) is 25.7 Å². The Balaban J connectivity index is 2.00. The van der Waals surface area contributed by atoms with Crippen molar-refractivity contribution in [3.63, 3.8) is 0 Å². The summed E-state index contributed by atoms with van der Waals surface area (Å²) in [4.78, 5) is 23.1. The molecule has 4 aliphatic rings. The highest BCUT2D eigenvalue weighted by Gasteiger charge is 2.49. The van der Waals surface area contributed by atoms with Crippen LogP contribution in [-0.4, -0.2) is 17.9 Å². The molecule has 2 atom stereocenters. The van der Waals surface area contributed by atoms with Crippen molar-refractivity contribution in [3.8, 4) is 0 Å². The molecular formula is C10H12O3. The molecule has 2 saturated heterocycles. The number of hydrogen-bond donors (Lipinski definition) is 0. The summed E-state index contributed by atoms with van der Waals surface area (Å²) in [6.45, 7) is 0. The average molecular weight is 180 g/mol. The zero-order valence-electron chi connectivity index (χ0n) is 7.36. The molecule has 0 amide bonds. The Bertz CT molecular complexity index is 266. The highest BCUT2D eigenvalue weighted by atomic mass is 16.5. The quantitative estimate of drug-likeness (QED) is 0.520. The van der Waals surface area contributed by atoms with Crippen LogP contribution in [0.4, 0.5) is 0 Å².